The quantitative estimate of drug-likeness (QED) is 0.320. The highest BCUT2D eigenvalue weighted by molar-refractivity contribution is 7.87. The third-order valence-corrected chi connectivity index (χ3v) is 10.0. The van der Waals surface area contributed by atoms with E-state index in [4.69, 9.17) is 16.3 Å². The first-order valence-electron chi connectivity index (χ1n) is 15.2. The fourth-order valence-corrected chi connectivity index (χ4v) is 7.43. The molecule has 0 radical (unpaired) electrons. The zero-order valence-electron chi connectivity index (χ0n) is 26.3. The molecule has 2 aromatic carbocycles. The number of hydrogen-bond donors (Lipinski definition) is 1. The maximum atomic E-state index is 14.7. The second kappa shape index (κ2) is 14.0. The summed E-state index contributed by atoms with van der Waals surface area (Å²) >= 11 is 6.59. The van der Waals surface area contributed by atoms with Crippen molar-refractivity contribution in [3.05, 3.63) is 64.9 Å². The Morgan fingerprint density at radius 2 is 1.73 bits per heavy atom. The van der Waals surface area contributed by atoms with Crippen LogP contribution in [0.25, 0.3) is 0 Å². The molecule has 0 aromatic heterocycles. The lowest BCUT2D eigenvalue weighted by atomic mass is 9.94. The van der Waals surface area contributed by atoms with Gasteiger partial charge in [0.25, 0.3) is 0 Å². The summed E-state index contributed by atoms with van der Waals surface area (Å²) in [6.45, 7) is 7.61. The van der Waals surface area contributed by atoms with Crippen LogP contribution in [0.5, 0.6) is 0 Å². The Balaban J connectivity index is 1.80. The molecule has 13 heteroatoms. The van der Waals surface area contributed by atoms with Gasteiger partial charge in [0.2, 0.25) is 11.8 Å². The molecule has 1 unspecified atom stereocenters. The van der Waals surface area contributed by atoms with Crippen molar-refractivity contribution < 1.29 is 31.9 Å². The minimum atomic E-state index is -4.51. The number of hydrogen-bond acceptors (Lipinski definition) is 6. The van der Waals surface area contributed by atoms with Crippen LogP contribution in [0.3, 0.4) is 0 Å². The summed E-state index contributed by atoms with van der Waals surface area (Å²) < 4.78 is 49.2. The lowest BCUT2D eigenvalue weighted by Gasteiger charge is -2.35. The predicted molar refractivity (Wildman–Crippen MR) is 170 cm³/mol. The van der Waals surface area contributed by atoms with E-state index in [9.17, 15) is 27.2 Å². The molecule has 0 spiro atoms. The molecule has 4 rings (SSSR count). The number of rotatable bonds is 10. The first-order chi connectivity index (χ1) is 21.1. The van der Waals surface area contributed by atoms with Gasteiger partial charge in [0.05, 0.1) is 0 Å². The number of anilines is 1. The van der Waals surface area contributed by atoms with E-state index in [2.05, 4.69) is 5.32 Å². The van der Waals surface area contributed by atoms with Crippen molar-refractivity contribution in [1.82, 2.24) is 13.9 Å². The molecule has 1 aliphatic carbocycles. The van der Waals surface area contributed by atoms with Crippen molar-refractivity contribution in [1.29, 1.82) is 0 Å². The van der Waals surface area contributed by atoms with Gasteiger partial charge >= 0.3 is 16.3 Å². The Kier molecular flexibility index (Phi) is 10.8. The van der Waals surface area contributed by atoms with E-state index < -0.39 is 52.1 Å². The zero-order valence-corrected chi connectivity index (χ0v) is 27.9. The molecule has 2 aromatic rings. The topological polar surface area (TPSA) is 116 Å². The molecular formula is C32H42ClFN4O6S. The third-order valence-electron chi connectivity index (χ3n) is 7.84. The van der Waals surface area contributed by atoms with Gasteiger partial charge in [-0.15, -0.1) is 0 Å². The molecule has 3 atom stereocenters. The normalized spacial score (nSPS) is 19.5. The standard InChI is InChI=1S/C32H42ClFN4O6S/c1-21(2)27-19-36(27)45(42,43)37(31(41)44-32(3,4)5)20-28(39)38(24-15-11-12-22(34)18-24)29(25-16-9-10-17-26(25)33)30(40)35-23-13-7-6-8-14-23/h9-12,15-18,21,23,27,29H,6-8,13-14,19-20H2,1-5H3,(H,35,40)/t27-,29+,36?/m0/s1. The largest absolute Gasteiger partial charge is 0.443 e. The van der Waals surface area contributed by atoms with Crippen molar-refractivity contribution in [3.63, 3.8) is 0 Å². The van der Waals surface area contributed by atoms with Crippen LogP contribution in [0.4, 0.5) is 14.9 Å². The molecule has 2 aliphatic rings. The van der Waals surface area contributed by atoms with Crippen molar-refractivity contribution >= 4 is 45.4 Å². The van der Waals surface area contributed by atoms with E-state index in [-0.39, 0.29) is 40.8 Å². The van der Waals surface area contributed by atoms with E-state index >= 15 is 0 Å². The highest BCUT2D eigenvalue weighted by Gasteiger charge is 2.51. The average molecular weight is 665 g/mol. The number of nitrogens with zero attached hydrogens (tertiary/aromatic N) is 3. The molecule has 1 saturated carbocycles. The summed E-state index contributed by atoms with van der Waals surface area (Å²) in [7, 11) is -4.51. The Labute approximate surface area is 270 Å². The molecule has 1 saturated heterocycles. The summed E-state index contributed by atoms with van der Waals surface area (Å²) in [5.74, 6) is -2.24. The lowest BCUT2D eigenvalue weighted by molar-refractivity contribution is -0.127. The van der Waals surface area contributed by atoms with Crippen LogP contribution in [0.1, 0.15) is 78.3 Å². The van der Waals surface area contributed by atoms with Crippen LogP contribution in [-0.2, 0) is 24.5 Å². The van der Waals surface area contributed by atoms with Gasteiger partial charge in [0.15, 0.2) is 0 Å². The SMILES string of the molecule is CC(C)[C@@H]1CN1S(=O)(=O)N(CC(=O)N(c1cccc(F)c1)[C@@H](C(=O)NC1CCCCC1)c1ccccc1Cl)C(=O)OC(C)(C)C. The van der Waals surface area contributed by atoms with Crippen molar-refractivity contribution in [3.8, 4) is 0 Å². The Morgan fingerprint density at radius 1 is 1.07 bits per heavy atom. The number of carbonyl (C=O) groups excluding carboxylic acids is 3. The molecule has 2 fully saturated rings. The van der Waals surface area contributed by atoms with Crippen LogP contribution < -0.4 is 10.2 Å². The fourth-order valence-electron chi connectivity index (χ4n) is 5.51. The monoisotopic (exact) mass is 664 g/mol. The number of halogens is 2. The van der Waals surface area contributed by atoms with Gasteiger partial charge in [-0.05, 0) is 63.8 Å². The first-order valence-corrected chi connectivity index (χ1v) is 17.0. The summed E-state index contributed by atoms with van der Waals surface area (Å²) in [5.41, 5.74) is -0.841. The van der Waals surface area contributed by atoms with Gasteiger partial charge in [0.1, 0.15) is 24.0 Å². The number of ether oxygens (including phenoxy) is 1. The highest BCUT2D eigenvalue weighted by Crippen LogP contribution is 2.35. The van der Waals surface area contributed by atoms with Crippen LogP contribution in [0.2, 0.25) is 5.02 Å². The second-order valence-corrected chi connectivity index (χ2v) is 15.1. The summed E-state index contributed by atoms with van der Waals surface area (Å²) in [5, 5.41) is 3.21. The van der Waals surface area contributed by atoms with Crippen LogP contribution >= 0.6 is 11.6 Å². The van der Waals surface area contributed by atoms with Gasteiger partial charge in [-0.1, -0.05) is 69.0 Å². The number of benzene rings is 2. The van der Waals surface area contributed by atoms with Gasteiger partial charge in [-0.2, -0.15) is 17.0 Å². The van der Waals surface area contributed by atoms with Gasteiger partial charge < -0.3 is 10.1 Å². The molecule has 10 nitrogen and oxygen atoms in total. The molecule has 1 heterocycles. The van der Waals surface area contributed by atoms with Crippen LogP contribution in [-0.4, -0.2) is 65.7 Å². The summed E-state index contributed by atoms with van der Waals surface area (Å²) in [4.78, 5) is 43.0. The molecule has 1 aliphatic heterocycles. The van der Waals surface area contributed by atoms with E-state index in [1.165, 1.54) is 18.2 Å². The first kappa shape index (κ1) is 34.6. The number of carbonyl (C=O) groups is 3. The Bertz CT molecular complexity index is 1510. The van der Waals surface area contributed by atoms with E-state index in [1.807, 2.05) is 13.8 Å². The Morgan fingerprint density at radius 3 is 2.31 bits per heavy atom. The maximum absolute atomic E-state index is 14.7. The fraction of sp³-hybridized carbons (Fsp3) is 0.531. The van der Waals surface area contributed by atoms with Crippen molar-refractivity contribution in [2.24, 2.45) is 5.92 Å². The lowest BCUT2D eigenvalue weighted by Crippen LogP contribution is -2.53. The van der Waals surface area contributed by atoms with Gasteiger partial charge in [-0.25, -0.2) is 9.18 Å². The smallest absolute Gasteiger partial charge is 0.425 e. The van der Waals surface area contributed by atoms with Gasteiger partial charge in [0, 0.05) is 34.9 Å². The minimum Gasteiger partial charge on any atom is -0.443 e. The summed E-state index contributed by atoms with van der Waals surface area (Å²) in [6.07, 6.45) is 3.19. The zero-order chi connectivity index (χ0) is 33.1. The third kappa shape index (κ3) is 8.53. The molecule has 246 valence electrons. The second-order valence-electron chi connectivity index (χ2n) is 12.9. The number of nitrogens with one attached hydrogen (secondary N) is 1. The van der Waals surface area contributed by atoms with E-state index in [1.54, 1.807) is 45.0 Å². The Hall–Kier alpha value is -3.22. The molecule has 45 heavy (non-hydrogen) atoms. The van der Waals surface area contributed by atoms with Crippen LogP contribution in [0, 0.1) is 11.7 Å². The van der Waals surface area contributed by atoms with Crippen LogP contribution in [0.15, 0.2) is 48.5 Å². The van der Waals surface area contributed by atoms with Gasteiger partial charge in [-0.3, -0.25) is 14.5 Å². The molecular weight excluding hydrogens is 623 g/mol. The summed E-state index contributed by atoms with van der Waals surface area (Å²) in [6, 6.07) is 9.62. The van der Waals surface area contributed by atoms with Crippen molar-refractivity contribution in [2.45, 2.75) is 90.4 Å². The molecule has 0 bridgehead atoms. The number of amides is 3. The molecule has 3 amide bonds. The van der Waals surface area contributed by atoms with E-state index in [0.717, 1.165) is 47.4 Å². The van der Waals surface area contributed by atoms with Crippen molar-refractivity contribution in [2.75, 3.05) is 18.0 Å². The average Bonchev–Trinajstić information content (AvgIpc) is 3.77. The highest BCUT2D eigenvalue weighted by atomic mass is 35.5. The van der Waals surface area contributed by atoms with E-state index in [0.29, 0.717) is 4.31 Å². The molecule has 1 N–H and O–H groups in total. The maximum Gasteiger partial charge on any atom is 0.425 e. The predicted octanol–water partition coefficient (Wildman–Crippen LogP) is 5.82. The minimum absolute atomic E-state index is 0.0166.